The van der Waals surface area contributed by atoms with Crippen molar-refractivity contribution in [3.8, 4) is 0 Å². The van der Waals surface area contributed by atoms with Gasteiger partial charge in [0, 0.05) is 12.0 Å². The van der Waals surface area contributed by atoms with Gasteiger partial charge in [-0.25, -0.2) is 0 Å². The first-order valence-electron chi connectivity index (χ1n) is 3.96. The fourth-order valence-electron chi connectivity index (χ4n) is 0.965. The van der Waals surface area contributed by atoms with Gasteiger partial charge in [-0.05, 0) is 26.0 Å². The van der Waals surface area contributed by atoms with E-state index in [0.29, 0.717) is 15.6 Å². The maximum absolute atomic E-state index is 11.5. The average molecular weight is 218 g/mol. The Balaban J connectivity index is 2.70. The number of carbonyl (C=O) groups excluding carboxylic acids is 1. The Morgan fingerprint density at radius 2 is 2.23 bits per heavy atom. The number of ketones is 1. The highest BCUT2D eigenvalue weighted by molar-refractivity contribution is 7.18. The summed E-state index contributed by atoms with van der Waals surface area (Å²) in [7, 11) is 0. The third-order valence-electron chi connectivity index (χ3n) is 1.46. The molecular weight excluding hydrogens is 206 g/mol. The van der Waals surface area contributed by atoms with Crippen molar-refractivity contribution in [2.24, 2.45) is 5.73 Å². The van der Waals surface area contributed by atoms with Gasteiger partial charge in [-0.15, -0.1) is 11.3 Å². The van der Waals surface area contributed by atoms with E-state index >= 15 is 0 Å². The summed E-state index contributed by atoms with van der Waals surface area (Å²) in [5, 5.41) is 0. The highest BCUT2D eigenvalue weighted by Gasteiger charge is 2.18. The normalized spacial score (nSPS) is 11.7. The molecule has 13 heavy (non-hydrogen) atoms. The molecule has 1 aromatic rings. The molecule has 1 heterocycles. The number of hydrogen-bond donors (Lipinski definition) is 1. The first kappa shape index (κ1) is 10.7. The quantitative estimate of drug-likeness (QED) is 0.792. The van der Waals surface area contributed by atoms with Gasteiger partial charge < -0.3 is 5.73 Å². The zero-order valence-electron chi connectivity index (χ0n) is 7.63. The van der Waals surface area contributed by atoms with Crippen LogP contribution in [0, 0.1) is 0 Å². The summed E-state index contributed by atoms with van der Waals surface area (Å²) in [4.78, 5) is 12.2. The van der Waals surface area contributed by atoms with Crippen LogP contribution in [0.4, 0.5) is 0 Å². The van der Waals surface area contributed by atoms with Gasteiger partial charge in [-0.3, -0.25) is 4.79 Å². The number of Topliss-reactive ketones (excluding diaryl/α,β-unsaturated/α-hetero) is 1. The number of thiophene rings is 1. The highest BCUT2D eigenvalue weighted by atomic mass is 35.5. The second kappa shape index (κ2) is 3.78. The van der Waals surface area contributed by atoms with Gasteiger partial charge in [-0.2, -0.15) is 0 Å². The Morgan fingerprint density at radius 3 is 2.62 bits per heavy atom. The maximum Gasteiger partial charge on any atom is 0.174 e. The third-order valence-corrected chi connectivity index (χ3v) is 2.74. The fraction of sp³-hybridized carbons (Fsp3) is 0.444. The Hall–Kier alpha value is -0.380. The molecule has 0 fully saturated rings. The van der Waals surface area contributed by atoms with Crippen molar-refractivity contribution in [2.75, 3.05) is 0 Å². The van der Waals surface area contributed by atoms with Crippen molar-refractivity contribution in [3.63, 3.8) is 0 Å². The minimum atomic E-state index is -0.451. The molecule has 0 atom stereocenters. The second-order valence-electron chi connectivity index (χ2n) is 3.69. The van der Waals surface area contributed by atoms with Gasteiger partial charge in [0.25, 0.3) is 0 Å². The van der Waals surface area contributed by atoms with Crippen molar-refractivity contribution in [3.05, 3.63) is 21.3 Å². The van der Waals surface area contributed by atoms with Crippen molar-refractivity contribution in [2.45, 2.75) is 25.8 Å². The van der Waals surface area contributed by atoms with Crippen molar-refractivity contribution >= 4 is 28.7 Å². The van der Waals surface area contributed by atoms with Crippen LogP contribution in [0.5, 0.6) is 0 Å². The molecule has 0 amide bonds. The average Bonchev–Trinajstić information content (AvgIpc) is 2.31. The SMILES string of the molecule is CC(C)(N)CC(=O)c1ccc(Cl)s1. The summed E-state index contributed by atoms with van der Waals surface area (Å²) in [6.07, 6.45) is 0.351. The molecule has 0 aliphatic heterocycles. The number of rotatable bonds is 3. The van der Waals surface area contributed by atoms with E-state index in [1.165, 1.54) is 11.3 Å². The molecule has 72 valence electrons. The molecule has 2 nitrogen and oxygen atoms in total. The first-order chi connectivity index (χ1) is 5.88. The summed E-state index contributed by atoms with van der Waals surface area (Å²) >= 11 is 7.01. The Bertz CT molecular complexity index is 314. The van der Waals surface area contributed by atoms with E-state index in [9.17, 15) is 4.79 Å². The summed E-state index contributed by atoms with van der Waals surface area (Å²) in [5.74, 6) is 0.0596. The predicted octanol–water partition coefficient (Wildman–Crippen LogP) is 2.71. The number of halogens is 1. The van der Waals surface area contributed by atoms with E-state index in [1.807, 2.05) is 13.8 Å². The van der Waals surface area contributed by atoms with Crippen LogP contribution in [0.3, 0.4) is 0 Å². The minimum absolute atomic E-state index is 0.0596. The van der Waals surface area contributed by atoms with Crippen LogP contribution < -0.4 is 5.73 Å². The monoisotopic (exact) mass is 217 g/mol. The highest BCUT2D eigenvalue weighted by Crippen LogP contribution is 2.23. The third kappa shape index (κ3) is 3.46. The molecule has 0 aromatic carbocycles. The largest absolute Gasteiger partial charge is 0.325 e. The lowest BCUT2D eigenvalue weighted by atomic mass is 9.99. The second-order valence-corrected chi connectivity index (χ2v) is 5.41. The fourth-order valence-corrected chi connectivity index (χ4v) is 1.95. The Morgan fingerprint density at radius 1 is 1.62 bits per heavy atom. The topological polar surface area (TPSA) is 43.1 Å². The summed E-state index contributed by atoms with van der Waals surface area (Å²) in [6.45, 7) is 3.67. The van der Waals surface area contributed by atoms with Crippen LogP contribution in [0.2, 0.25) is 4.34 Å². The van der Waals surface area contributed by atoms with Gasteiger partial charge in [0.05, 0.1) is 9.21 Å². The van der Waals surface area contributed by atoms with Crippen molar-refractivity contribution in [1.82, 2.24) is 0 Å². The molecule has 1 aromatic heterocycles. The van der Waals surface area contributed by atoms with E-state index in [4.69, 9.17) is 17.3 Å². The summed E-state index contributed by atoms with van der Waals surface area (Å²) < 4.78 is 0.637. The van der Waals surface area contributed by atoms with Crippen LogP contribution in [0.15, 0.2) is 12.1 Å². The van der Waals surface area contributed by atoms with Crippen LogP contribution in [0.1, 0.15) is 29.9 Å². The van der Waals surface area contributed by atoms with Crippen LogP contribution in [-0.4, -0.2) is 11.3 Å². The van der Waals surface area contributed by atoms with Crippen LogP contribution in [0.25, 0.3) is 0 Å². The lowest BCUT2D eigenvalue weighted by Crippen LogP contribution is -2.34. The predicted molar refractivity (Wildman–Crippen MR) is 56.5 cm³/mol. The molecule has 2 N–H and O–H groups in total. The molecular formula is C9H12ClNOS. The molecule has 1 rings (SSSR count). The first-order valence-corrected chi connectivity index (χ1v) is 5.15. The van der Waals surface area contributed by atoms with Gasteiger partial charge >= 0.3 is 0 Å². The van der Waals surface area contributed by atoms with Crippen LogP contribution >= 0.6 is 22.9 Å². The summed E-state index contributed by atoms with van der Waals surface area (Å²) in [5.41, 5.74) is 5.28. The molecule has 4 heteroatoms. The standard InChI is InChI=1S/C9H12ClNOS/c1-9(2,11)5-6(12)7-3-4-8(10)13-7/h3-4H,5,11H2,1-2H3. The van der Waals surface area contributed by atoms with Crippen molar-refractivity contribution < 1.29 is 4.79 Å². The van der Waals surface area contributed by atoms with Gasteiger partial charge in [0.15, 0.2) is 5.78 Å². The molecule has 0 saturated carbocycles. The molecule has 0 radical (unpaired) electrons. The lowest BCUT2D eigenvalue weighted by Gasteiger charge is -2.16. The van der Waals surface area contributed by atoms with Gasteiger partial charge in [-0.1, -0.05) is 11.6 Å². The zero-order valence-corrected chi connectivity index (χ0v) is 9.21. The molecule has 0 saturated heterocycles. The molecule has 0 unspecified atom stereocenters. The maximum atomic E-state index is 11.5. The molecule has 0 spiro atoms. The van der Waals surface area contributed by atoms with Gasteiger partial charge in [0.1, 0.15) is 0 Å². The summed E-state index contributed by atoms with van der Waals surface area (Å²) in [6, 6.07) is 3.46. The van der Waals surface area contributed by atoms with E-state index < -0.39 is 5.54 Å². The molecule has 0 aliphatic rings. The molecule has 0 aliphatic carbocycles. The lowest BCUT2D eigenvalue weighted by molar-refractivity contribution is 0.0964. The number of hydrogen-bond acceptors (Lipinski definition) is 3. The van der Waals surface area contributed by atoms with Crippen LogP contribution in [-0.2, 0) is 0 Å². The molecule has 0 bridgehead atoms. The Labute approximate surface area is 86.7 Å². The smallest absolute Gasteiger partial charge is 0.174 e. The van der Waals surface area contributed by atoms with E-state index in [2.05, 4.69) is 0 Å². The van der Waals surface area contributed by atoms with E-state index in [0.717, 1.165) is 0 Å². The van der Waals surface area contributed by atoms with E-state index in [1.54, 1.807) is 12.1 Å². The van der Waals surface area contributed by atoms with Crippen molar-refractivity contribution in [1.29, 1.82) is 0 Å². The minimum Gasteiger partial charge on any atom is -0.325 e. The van der Waals surface area contributed by atoms with E-state index in [-0.39, 0.29) is 5.78 Å². The van der Waals surface area contributed by atoms with Gasteiger partial charge in [0.2, 0.25) is 0 Å². The number of nitrogens with two attached hydrogens (primary N) is 1. The Kier molecular flexibility index (Phi) is 3.11. The zero-order chi connectivity index (χ0) is 10.1. The number of carbonyl (C=O) groups is 1.